The molecule has 0 saturated carbocycles. The summed E-state index contributed by atoms with van der Waals surface area (Å²) >= 11 is 0.855. The molecule has 0 aliphatic heterocycles. The van der Waals surface area contributed by atoms with Crippen molar-refractivity contribution in [2.24, 2.45) is 0 Å². The summed E-state index contributed by atoms with van der Waals surface area (Å²) in [5.41, 5.74) is 0. The van der Waals surface area contributed by atoms with Gasteiger partial charge in [0.05, 0.1) is 0 Å². The molecular formula is C9H17NO3S. The molecule has 0 heterocycles. The molecule has 0 bridgehead atoms. The summed E-state index contributed by atoms with van der Waals surface area (Å²) in [5, 5.41) is 8.65. The van der Waals surface area contributed by atoms with Gasteiger partial charge in [-0.2, -0.15) is 0 Å². The maximum atomic E-state index is 11.6. The van der Waals surface area contributed by atoms with Gasteiger partial charge in [0.25, 0.3) is 5.24 Å². The fourth-order valence-electron chi connectivity index (χ4n) is 0.808. The zero-order chi connectivity index (χ0) is 11.4. The van der Waals surface area contributed by atoms with Crippen LogP contribution in [0.15, 0.2) is 0 Å². The predicted molar refractivity (Wildman–Crippen MR) is 57.6 cm³/mol. The first kappa shape index (κ1) is 13.3. The fraction of sp³-hybridized carbons (Fsp3) is 0.778. The zero-order valence-corrected chi connectivity index (χ0v) is 9.85. The lowest BCUT2D eigenvalue weighted by Crippen LogP contribution is -2.35. The molecule has 0 spiro atoms. The van der Waals surface area contributed by atoms with Crippen molar-refractivity contribution in [1.29, 1.82) is 0 Å². The molecule has 0 unspecified atom stereocenters. The molecule has 0 aromatic carbocycles. The molecule has 0 fully saturated rings. The van der Waals surface area contributed by atoms with Crippen LogP contribution in [0.4, 0.5) is 4.79 Å². The number of rotatable bonds is 4. The van der Waals surface area contributed by atoms with Crippen LogP contribution in [0, 0.1) is 0 Å². The molecule has 1 N–H and O–H groups in total. The topological polar surface area (TPSA) is 57.6 Å². The van der Waals surface area contributed by atoms with Gasteiger partial charge in [0, 0.05) is 13.1 Å². The van der Waals surface area contributed by atoms with Gasteiger partial charge in [0.15, 0.2) is 0 Å². The molecule has 0 aliphatic carbocycles. The summed E-state index contributed by atoms with van der Waals surface area (Å²) in [5.74, 6) is -0.969. The summed E-state index contributed by atoms with van der Waals surface area (Å²) < 4.78 is -1.06. The van der Waals surface area contributed by atoms with Gasteiger partial charge in [-0.25, -0.2) is 0 Å². The lowest BCUT2D eigenvalue weighted by Gasteiger charge is -2.23. The van der Waals surface area contributed by atoms with E-state index in [0.29, 0.717) is 13.1 Å². The molecule has 4 nitrogen and oxygen atoms in total. The predicted octanol–water partition coefficient (Wildman–Crippen LogP) is 2.04. The van der Waals surface area contributed by atoms with Gasteiger partial charge in [-0.3, -0.25) is 9.59 Å². The minimum atomic E-state index is -1.06. The van der Waals surface area contributed by atoms with Crippen LogP contribution in [0.3, 0.4) is 0 Å². The highest BCUT2D eigenvalue weighted by atomic mass is 32.2. The van der Waals surface area contributed by atoms with Gasteiger partial charge in [0.2, 0.25) is 0 Å². The van der Waals surface area contributed by atoms with Crippen LogP contribution in [-0.4, -0.2) is 39.1 Å². The number of nitrogens with zero attached hydrogens (tertiary/aromatic N) is 1. The van der Waals surface area contributed by atoms with Crippen molar-refractivity contribution < 1.29 is 14.7 Å². The Bertz CT molecular complexity index is 224. The van der Waals surface area contributed by atoms with E-state index in [9.17, 15) is 9.59 Å². The van der Waals surface area contributed by atoms with Gasteiger partial charge in [-0.05, 0) is 39.5 Å². The summed E-state index contributed by atoms with van der Waals surface area (Å²) in [7, 11) is 0. The summed E-state index contributed by atoms with van der Waals surface area (Å²) in [4.78, 5) is 23.9. The smallest absolute Gasteiger partial charge is 0.319 e. The second kappa shape index (κ2) is 5.24. The Balaban J connectivity index is 4.38. The maximum absolute atomic E-state index is 11.6. The van der Waals surface area contributed by atoms with E-state index in [0.717, 1.165) is 11.8 Å². The van der Waals surface area contributed by atoms with Crippen molar-refractivity contribution in [2.45, 2.75) is 32.4 Å². The first-order valence-corrected chi connectivity index (χ1v) is 5.38. The lowest BCUT2D eigenvalue weighted by molar-refractivity contribution is -0.138. The molecule has 0 aromatic rings. The Labute approximate surface area is 88.7 Å². The second-order valence-corrected chi connectivity index (χ2v) is 4.93. The van der Waals surface area contributed by atoms with Crippen LogP contribution in [0.25, 0.3) is 0 Å². The van der Waals surface area contributed by atoms with Gasteiger partial charge in [0.1, 0.15) is 4.75 Å². The first-order valence-electron chi connectivity index (χ1n) is 4.56. The standard InChI is InChI=1S/C9H17NO3S/c1-5-10(6-2)8(13)14-9(3,4)7(11)12/h5-6H2,1-4H3,(H,11,12). The third kappa shape index (κ3) is 3.57. The summed E-state index contributed by atoms with van der Waals surface area (Å²) in [6, 6.07) is 0. The van der Waals surface area contributed by atoms with E-state index in [1.54, 1.807) is 4.90 Å². The van der Waals surface area contributed by atoms with E-state index < -0.39 is 10.7 Å². The highest BCUT2D eigenvalue weighted by Crippen LogP contribution is 2.27. The molecule has 0 aromatic heterocycles. The van der Waals surface area contributed by atoms with Crippen LogP contribution in [0.2, 0.25) is 0 Å². The van der Waals surface area contributed by atoms with Crippen LogP contribution < -0.4 is 0 Å². The summed E-state index contributed by atoms with van der Waals surface area (Å²) in [6.45, 7) is 8.02. The van der Waals surface area contributed by atoms with Crippen molar-refractivity contribution in [2.75, 3.05) is 13.1 Å². The third-order valence-corrected chi connectivity index (χ3v) is 3.00. The Morgan fingerprint density at radius 1 is 1.29 bits per heavy atom. The quantitative estimate of drug-likeness (QED) is 0.786. The Hall–Kier alpha value is -0.710. The van der Waals surface area contributed by atoms with E-state index in [1.165, 1.54) is 13.8 Å². The van der Waals surface area contributed by atoms with Crippen molar-refractivity contribution in [3.8, 4) is 0 Å². The number of aliphatic carboxylic acids is 1. The van der Waals surface area contributed by atoms with Crippen LogP contribution in [-0.2, 0) is 4.79 Å². The molecule has 5 heteroatoms. The Morgan fingerprint density at radius 3 is 2.00 bits per heavy atom. The molecular weight excluding hydrogens is 202 g/mol. The van der Waals surface area contributed by atoms with Crippen LogP contribution in [0.5, 0.6) is 0 Å². The number of carboxylic acid groups (broad SMARTS) is 1. The van der Waals surface area contributed by atoms with Crippen molar-refractivity contribution in [1.82, 2.24) is 4.90 Å². The molecule has 0 aliphatic rings. The highest BCUT2D eigenvalue weighted by molar-refractivity contribution is 8.15. The average molecular weight is 219 g/mol. The number of carbonyl (C=O) groups is 2. The molecule has 82 valence electrons. The van der Waals surface area contributed by atoms with Crippen LogP contribution >= 0.6 is 11.8 Å². The average Bonchev–Trinajstić information content (AvgIpc) is 2.05. The van der Waals surface area contributed by atoms with Crippen molar-refractivity contribution >= 4 is 23.0 Å². The van der Waals surface area contributed by atoms with Crippen molar-refractivity contribution in [3.63, 3.8) is 0 Å². The molecule has 1 amide bonds. The maximum Gasteiger partial charge on any atom is 0.319 e. The molecule has 0 atom stereocenters. The number of thioether (sulfide) groups is 1. The normalized spacial score (nSPS) is 11.1. The zero-order valence-electron chi connectivity index (χ0n) is 9.03. The van der Waals surface area contributed by atoms with Crippen molar-refractivity contribution in [3.05, 3.63) is 0 Å². The lowest BCUT2D eigenvalue weighted by atomic mass is 10.2. The molecule has 0 saturated heterocycles. The van der Waals surface area contributed by atoms with Gasteiger partial charge < -0.3 is 10.0 Å². The van der Waals surface area contributed by atoms with E-state index in [1.807, 2.05) is 13.8 Å². The van der Waals surface area contributed by atoms with E-state index in [2.05, 4.69) is 0 Å². The van der Waals surface area contributed by atoms with E-state index in [4.69, 9.17) is 5.11 Å². The molecule has 0 radical (unpaired) electrons. The number of carboxylic acids is 1. The minimum absolute atomic E-state index is 0.178. The largest absolute Gasteiger partial charge is 0.480 e. The first-order chi connectivity index (χ1) is 6.35. The van der Waals surface area contributed by atoms with Crippen LogP contribution in [0.1, 0.15) is 27.7 Å². The van der Waals surface area contributed by atoms with Gasteiger partial charge >= 0.3 is 5.97 Å². The SMILES string of the molecule is CCN(CC)C(=O)SC(C)(C)C(=O)O. The number of hydrogen-bond acceptors (Lipinski definition) is 3. The number of carbonyl (C=O) groups excluding carboxylic acids is 1. The summed E-state index contributed by atoms with van der Waals surface area (Å²) in [6.07, 6.45) is 0. The number of hydrogen-bond donors (Lipinski definition) is 1. The van der Waals surface area contributed by atoms with E-state index >= 15 is 0 Å². The van der Waals surface area contributed by atoms with Gasteiger partial charge in [-0.1, -0.05) is 0 Å². The Morgan fingerprint density at radius 2 is 1.71 bits per heavy atom. The second-order valence-electron chi connectivity index (χ2n) is 3.36. The fourth-order valence-corrected chi connectivity index (χ4v) is 1.72. The monoisotopic (exact) mass is 219 g/mol. The highest BCUT2D eigenvalue weighted by Gasteiger charge is 2.32. The Kier molecular flexibility index (Phi) is 4.97. The number of amides is 1. The molecule has 0 rings (SSSR count). The molecule has 14 heavy (non-hydrogen) atoms. The van der Waals surface area contributed by atoms with Gasteiger partial charge in [-0.15, -0.1) is 0 Å². The minimum Gasteiger partial charge on any atom is -0.480 e. The third-order valence-electron chi connectivity index (χ3n) is 1.88. The van der Waals surface area contributed by atoms with E-state index in [-0.39, 0.29) is 5.24 Å².